The molecule has 0 unspecified atom stereocenters. The Morgan fingerprint density at radius 1 is 1.39 bits per heavy atom. The van der Waals surface area contributed by atoms with Crippen LogP contribution in [0.3, 0.4) is 0 Å². The van der Waals surface area contributed by atoms with Gasteiger partial charge in [-0.15, -0.1) is 4.33 Å². The molecule has 1 saturated carbocycles. The minimum atomic E-state index is -4.11. The molecule has 1 aliphatic rings. The second-order valence-electron chi connectivity index (χ2n) is 3.36. The number of halogens is 2. The number of rotatable bonds is 7. The zero-order chi connectivity index (χ0) is 13.6. The minimum Gasteiger partial charge on any atom is -0.460 e. The Hall–Kier alpha value is -0.970. The highest BCUT2D eigenvalue weighted by Gasteiger charge is 2.44. The smallest absolute Gasteiger partial charge is 0.415 e. The average molecular weight is 288 g/mol. The second kappa shape index (κ2) is 6.83. The van der Waals surface area contributed by atoms with Gasteiger partial charge in [-0.25, -0.2) is 14.8 Å². The van der Waals surface area contributed by atoms with Gasteiger partial charge < -0.3 is 9.47 Å². The van der Waals surface area contributed by atoms with E-state index in [0.717, 1.165) is 6.42 Å². The molecule has 104 valence electrons. The van der Waals surface area contributed by atoms with Crippen LogP contribution in [0.25, 0.3) is 0 Å². The maximum Gasteiger partial charge on any atom is 0.415 e. The fraction of sp³-hybridized carbons (Fsp3) is 0.750. The van der Waals surface area contributed by atoms with Crippen molar-refractivity contribution >= 4 is 24.0 Å². The van der Waals surface area contributed by atoms with Crippen molar-refractivity contribution in [3.63, 3.8) is 0 Å². The monoisotopic (exact) mass is 288 g/mol. The topological polar surface area (TPSA) is 91.3 Å². The number of carbonyl (C=O) groups is 2. The van der Waals surface area contributed by atoms with Crippen LogP contribution in [0.2, 0.25) is 0 Å². The summed E-state index contributed by atoms with van der Waals surface area (Å²) < 4.78 is 37.9. The van der Waals surface area contributed by atoms with Crippen LogP contribution in [-0.2, 0) is 28.4 Å². The lowest BCUT2D eigenvalue weighted by molar-refractivity contribution is -0.433. The summed E-state index contributed by atoms with van der Waals surface area (Å²) in [4.78, 5) is 21.9. The van der Waals surface area contributed by atoms with E-state index in [1.54, 1.807) is 0 Å². The zero-order valence-corrected chi connectivity index (χ0v) is 9.78. The molecular formula is C8H10F2O7S. The van der Waals surface area contributed by atoms with E-state index in [1.165, 1.54) is 0 Å². The molecule has 0 atom stereocenters. The summed E-state index contributed by atoms with van der Waals surface area (Å²) in [5.74, 6) is -2.90. The molecule has 0 amide bonds. The van der Waals surface area contributed by atoms with E-state index in [1.807, 2.05) is 0 Å². The van der Waals surface area contributed by atoms with Gasteiger partial charge in [0.2, 0.25) is 0 Å². The molecule has 1 aliphatic carbocycles. The van der Waals surface area contributed by atoms with Crippen LogP contribution in [0, 0.1) is 0 Å². The summed E-state index contributed by atoms with van der Waals surface area (Å²) in [6, 6.07) is 0. The van der Waals surface area contributed by atoms with Gasteiger partial charge in [0.1, 0.15) is 18.1 Å². The Bertz CT molecular complexity index is 308. The van der Waals surface area contributed by atoms with Gasteiger partial charge in [-0.05, 0) is 19.3 Å². The summed E-state index contributed by atoms with van der Waals surface area (Å²) in [7, 11) is 0. The van der Waals surface area contributed by atoms with E-state index >= 15 is 0 Å². The van der Waals surface area contributed by atoms with Crippen molar-refractivity contribution in [3.05, 3.63) is 0 Å². The van der Waals surface area contributed by atoms with Gasteiger partial charge in [-0.1, -0.05) is 5.04 Å². The average Bonchev–Trinajstić information content (AvgIpc) is 2.28. The Kier molecular flexibility index (Phi) is 5.72. The number of hydrogen-bond acceptors (Lipinski definition) is 8. The summed E-state index contributed by atoms with van der Waals surface area (Å²) in [6.45, 7) is -0.911. The van der Waals surface area contributed by atoms with Crippen LogP contribution in [0.1, 0.15) is 19.3 Å². The van der Waals surface area contributed by atoms with Crippen molar-refractivity contribution < 1.29 is 42.5 Å². The molecule has 0 heterocycles. The fourth-order valence-corrected chi connectivity index (χ4v) is 1.25. The van der Waals surface area contributed by atoms with Crippen molar-refractivity contribution in [2.75, 3.05) is 6.61 Å². The Labute approximate surface area is 104 Å². The highest BCUT2D eigenvalue weighted by molar-refractivity contribution is 7.96. The Morgan fingerprint density at radius 3 is 2.56 bits per heavy atom. The highest BCUT2D eigenvalue weighted by atomic mass is 32.2. The van der Waals surface area contributed by atoms with Crippen molar-refractivity contribution in [1.29, 1.82) is 0 Å². The van der Waals surface area contributed by atoms with Crippen LogP contribution in [0.5, 0.6) is 0 Å². The van der Waals surface area contributed by atoms with E-state index in [4.69, 9.17) is 9.99 Å². The second-order valence-corrected chi connectivity index (χ2v) is 4.18. The number of carbonyl (C=O) groups excluding carboxylic acids is 2. The lowest BCUT2D eigenvalue weighted by atomic mass is 9.96. The molecular weight excluding hydrogens is 278 g/mol. The predicted octanol–water partition coefficient (Wildman–Crippen LogP) is 1.29. The van der Waals surface area contributed by atoms with Crippen molar-refractivity contribution in [2.24, 2.45) is 0 Å². The van der Waals surface area contributed by atoms with Gasteiger partial charge in [0.15, 0.2) is 6.61 Å². The molecule has 0 aromatic rings. The minimum absolute atomic E-state index is 0.225. The first-order chi connectivity index (χ1) is 8.45. The first kappa shape index (κ1) is 15.1. The van der Waals surface area contributed by atoms with Crippen LogP contribution in [0.15, 0.2) is 0 Å². The standard InChI is InChI=1S/C8H10F2O7S/c9-8(10,18-17-16-13)7(12)14-4-6(11)15-5-2-1-3-5/h5,13H,1-4H2. The fourth-order valence-electron chi connectivity index (χ4n) is 1.01. The molecule has 0 aromatic heterocycles. The lowest BCUT2D eigenvalue weighted by Crippen LogP contribution is -2.32. The highest BCUT2D eigenvalue weighted by Crippen LogP contribution is 2.31. The van der Waals surface area contributed by atoms with Gasteiger partial charge in [-0.3, -0.25) is 0 Å². The lowest BCUT2D eigenvalue weighted by Gasteiger charge is -2.25. The van der Waals surface area contributed by atoms with Crippen LogP contribution >= 0.6 is 12.0 Å². The van der Waals surface area contributed by atoms with Crippen molar-refractivity contribution in [1.82, 2.24) is 0 Å². The SMILES string of the molecule is O=C(COC(=O)C(F)(F)SOOO)OC1CCC1. The summed E-state index contributed by atoms with van der Waals surface area (Å²) in [6.07, 6.45) is 2.14. The molecule has 0 radical (unpaired) electrons. The Balaban J connectivity index is 2.23. The van der Waals surface area contributed by atoms with Crippen molar-refractivity contribution in [3.8, 4) is 0 Å². The maximum atomic E-state index is 12.8. The number of alkyl halides is 2. The van der Waals surface area contributed by atoms with Crippen LogP contribution in [0.4, 0.5) is 8.78 Å². The third-order valence-electron chi connectivity index (χ3n) is 2.08. The molecule has 18 heavy (non-hydrogen) atoms. The van der Waals surface area contributed by atoms with E-state index in [2.05, 4.69) is 14.1 Å². The molecule has 1 rings (SSSR count). The summed E-state index contributed by atoms with van der Waals surface area (Å²) >= 11 is -0.764. The van der Waals surface area contributed by atoms with Gasteiger partial charge >= 0.3 is 17.2 Å². The largest absolute Gasteiger partial charge is 0.460 e. The van der Waals surface area contributed by atoms with Gasteiger partial charge in [-0.2, -0.15) is 8.78 Å². The van der Waals surface area contributed by atoms with Gasteiger partial charge in [0, 0.05) is 0 Å². The summed E-state index contributed by atoms with van der Waals surface area (Å²) in [5.41, 5.74) is 0. The molecule has 0 saturated heterocycles. The predicted molar refractivity (Wildman–Crippen MR) is 52.0 cm³/mol. The molecule has 0 spiro atoms. The molecule has 1 fully saturated rings. The first-order valence-electron chi connectivity index (χ1n) is 4.86. The Morgan fingerprint density at radius 2 is 2.06 bits per heavy atom. The third kappa shape index (κ3) is 4.72. The number of esters is 2. The van der Waals surface area contributed by atoms with Gasteiger partial charge in [0.05, 0.1) is 0 Å². The summed E-state index contributed by atoms with van der Waals surface area (Å²) in [5, 5.41) is 6.46. The quantitative estimate of drug-likeness (QED) is 0.324. The van der Waals surface area contributed by atoms with E-state index in [-0.39, 0.29) is 6.10 Å². The van der Waals surface area contributed by atoms with E-state index in [0.29, 0.717) is 12.8 Å². The van der Waals surface area contributed by atoms with Gasteiger partial charge in [0.25, 0.3) is 0 Å². The van der Waals surface area contributed by atoms with Crippen LogP contribution < -0.4 is 0 Å². The van der Waals surface area contributed by atoms with E-state index in [9.17, 15) is 18.4 Å². The maximum absolute atomic E-state index is 12.8. The molecule has 0 bridgehead atoms. The molecule has 1 N–H and O–H groups in total. The van der Waals surface area contributed by atoms with E-state index < -0.39 is 35.8 Å². The molecule has 7 nitrogen and oxygen atoms in total. The normalized spacial score (nSPS) is 15.9. The number of ether oxygens (including phenoxy) is 2. The first-order valence-corrected chi connectivity index (χ1v) is 5.60. The van der Waals surface area contributed by atoms with Crippen LogP contribution in [-0.4, -0.2) is 35.2 Å². The third-order valence-corrected chi connectivity index (χ3v) is 2.58. The van der Waals surface area contributed by atoms with Crippen molar-refractivity contribution in [2.45, 2.75) is 30.6 Å². The molecule has 10 heteroatoms. The number of hydrogen-bond donors (Lipinski definition) is 1. The molecule has 0 aliphatic heterocycles. The molecule has 0 aromatic carbocycles. The zero-order valence-electron chi connectivity index (χ0n) is 8.97.